The Bertz CT molecular complexity index is 589. The highest BCUT2D eigenvalue weighted by atomic mass is 16.6. The summed E-state index contributed by atoms with van der Waals surface area (Å²) in [5.41, 5.74) is 0.329. The molecule has 4 rings (SSSR count). The van der Waals surface area contributed by atoms with E-state index in [0.29, 0.717) is 18.1 Å². The van der Waals surface area contributed by atoms with Crippen molar-refractivity contribution in [2.75, 3.05) is 0 Å². The fourth-order valence-corrected chi connectivity index (χ4v) is 4.82. The molecule has 0 aromatic rings. The van der Waals surface area contributed by atoms with Gasteiger partial charge in [0.1, 0.15) is 6.10 Å². The Labute approximate surface area is 149 Å². The van der Waals surface area contributed by atoms with Crippen molar-refractivity contribution in [2.45, 2.75) is 94.9 Å². The van der Waals surface area contributed by atoms with E-state index >= 15 is 0 Å². The van der Waals surface area contributed by atoms with E-state index < -0.39 is 12.2 Å². The first-order valence-corrected chi connectivity index (χ1v) is 9.67. The standard InChI is InChI=1S/C20H30O5/c1-11-6-5-8-19(3)14(24-19)7-9-20(4)15(25-20)10-13-12(2)18(22)23-17(13)16(11)21/h11,13-17,21H,2,5-10H2,1,3-4H3/t11-,13+,14+,15-,16+,17-,19?,20-/m1/s1. The molecule has 0 bridgehead atoms. The van der Waals surface area contributed by atoms with Crippen LogP contribution in [-0.2, 0) is 19.0 Å². The number of aliphatic hydroxyl groups excluding tert-OH is 1. The van der Waals surface area contributed by atoms with Crippen molar-refractivity contribution >= 4 is 5.97 Å². The second kappa shape index (κ2) is 5.80. The van der Waals surface area contributed by atoms with Crippen molar-refractivity contribution in [1.29, 1.82) is 0 Å². The number of epoxide rings is 2. The van der Waals surface area contributed by atoms with Crippen molar-refractivity contribution in [3.63, 3.8) is 0 Å². The van der Waals surface area contributed by atoms with Crippen LogP contribution in [0, 0.1) is 11.8 Å². The lowest BCUT2D eigenvalue weighted by atomic mass is 9.81. The van der Waals surface area contributed by atoms with Gasteiger partial charge in [0, 0.05) is 11.5 Å². The first kappa shape index (κ1) is 17.5. The van der Waals surface area contributed by atoms with Gasteiger partial charge in [-0.25, -0.2) is 4.79 Å². The summed E-state index contributed by atoms with van der Waals surface area (Å²) < 4.78 is 17.4. The number of carbonyl (C=O) groups excluding carboxylic acids is 1. The summed E-state index contributed by atoms with van der Waals surface area (Å²) in [4.78, 5) is 12.0. The largest absolute Gasteiger partial charge is 0.456 e. The molecule has 3 heterocycles. The van der Waals surface area contributed by atoms with Crippen LogP contribution in [0.2, 0.25) is 0 Å². The van der Waals surface area contributed by atoms with Crippen LogP contribution in [0.1, 0.15) is 59.3 Å². The number of rotatable bonds is 0. The summed E-state index contributed by atoms with van der Waals surface area (Å²) in [7, 11) is 0. The molecule has 1 N–H and O–H groups in total. The van der Waals surface area contributed by atoms with Gasteiger partial charge in [-0.05, 0) is 51.9 Å². The van der Waals surface area contributed by atoms with Crippen LogP contribution in [0.25, 0.3) is 0 Å². The topological polar surface area (TPSA) is 71.6 Å². The molecule has 25 heavy (non-hydrogen) atoms. The third-order valence-corrected chi connectivity index (χ3v) is 7.04. The summed E-state index contributed by atoms with van der Waals surface area (Å²) in [5.74, 6) is -0.446. The lowest BCUT2D eigenvalue weighted by Gasteiger charge is -2.28. The van der Waals surface area contributed by atoms with Crippen LogP contribution in [0.5, 0.6) is 0 Å². The minimum absolute atomic E-state index is 0.00776. The fourth-order valence-electron chi connectivity index (χ4n) is 4.82. The zero-order chi connectivity index (χ0) is 18.0. The lowest BCUT2D eigenvalue weighted by molar-refractivity contribution is -0.146. The average molecular weight is 350 g/mol. The number of hydrogen-bond acceptors (Lipinski definition) is 5. The summed E-state index contributed by atoms with van der Waals surface area (Å²) in [5, 5.41) is 10.8. The molecule has 3 aliphatic heterocycles. The Morgan fingerprint density at radius 3 is 2.56 bits per heavy atom. The highest BCUT2D eigenvalue weighted by Crippen LogP contribution is 2.51. The summed E-state index contributed by atoms with van der Waals surface area (Å²) in [6, 6.07) is 0. The lowest BCUT2D eigenvalue weighted by Crippen LogP contribution is -2.37. The monoisotopic (exact) mass is 350 g/mol. The molecule has 0 aromatic carbocycles. The molecule has 0 spiro atoms. The number of hydrogen-bond donors (Lipinski definition) is 1. The Hall–Kier alpha value is -0.910. The first-order chi connectivity index (χ1) is 11.7. The maximum absolute atomic E-state index is 12.0. The van der Waals surface area contributed by atoms with Crippen LogP contribution < -0.4 is 0 Å². The van der Waals surface area contributed by atoms with Gasteiger partial charge < -0.3 is 19.3 Å². The van der Waals surface area contributed by atoms with Gasteiger partial charge in [0.25, 0.3) is 0 Å². The van der Waals surface area contributed by atoms with E-state index in [0.717, 1.165) is 32.1 Å². The van der Waals surface area contributed by atoms with Crippen molar-refractivity contribution in [2.24, 2.45) is 11.8 Å². The minimum Gasteiger partial charge on any atom is -0.456 e. The second-order valence-electron chi connectivity index (χ2n) is 8.97. The van der Waals surface area contributed by atoms with Gasteiger partial charge in [0.15, 0.2) is 0 Å². The van der Waals surface area contributed by atoms with Crippen LogP contribution in [0.15, 0.2) is 12.2 Å². The van der Waals surface area contributed by atoms with Crippen molar-refractivity contribution in [3.8, 4) is 0 Å². The minimum atomic E-state index is -0.662. The smallest absolute Gasteiger partial charge is 0.334 e. The molecule has 140 valence electrons. The van der Waals surface area contributed by atoms with E-state index in [1.54, 1.807) is 0 Å². The molecule has 0 amide bonds. The number of esters is 1. The van der Waals surface area contributed by atoms with E-state index in [-0.39, 0.29) is 35.1 Å². The quantitative estimate of drug-likeness (QED) is 0.413. The highest BCUT2D eigenvalue weighted by Gasteiger charge is 2.58. The molecule has 3 saturated heterocycles. The molecule has 0 aromatic heterocycles. The Balaban J connectivity index is 1.53. The molecule has 5 heteroatoms. The van der Waals surface area contributed by atoms with Crippen molar-refractivity contribution in [3.05, 3.63) is 12.2 Å². The molecule has 5 nitrogen and oxygen atoms in total. The molecule has 0 radical (unpaired) electrons. The Kier molecular flexibility index (Phi) is 4.06. The van der Waals surface area contributed by atoms with Gasteiger partial charge in [-0.15, -0.1) is 0 Å². The highest BCUT2D eigenvalue weighted by molar-refractivity contribution is 5.90. The van der Waals surface area contributed by atoms with Gasteiger partial charge in [0.2, 0.25) is 0 Å². The molecule has 1 saturated carbocycles. The average Bonchev–Trinajstić information content (AvgIpc) is 3.38. The van der Waals surface area contributed by atoms with Crippen LogP contribution >= 0.6 is 0 Å². The molecule has 4 fully saturated rings. The SMILES string of the molecule is C=C1C(=O)O[C@H]2[C@@H](O)[C@H](C)CCCC3(C)O[C@H]3CC[C@@]3(C)O[C@@H]3C[C@@H]12. The van der Waals surface area contributed by atoms with E-state index in [1.807, 2.05) is 6.92 Å². The normalized spacial score (nSPS) is 53.1. The number of ether oxygens (including phenoxy) is 3. The zero-order valence-corrected chi connectivity index (χ0v) is 15.5. The third-order valence-electron chi connectivity index (χ3n) is 7.04. The zero-order valence-electron chi connectivity index (χ0n) is 15.5. The maximum atomic E-state index is 12.0. The molecule has 8 atom stereocenters. The van der Waals surface area contributed by atoms with Crippen LogP contribution in [0.4, 0.5) is 0 Å². The first-order valence-electron chi connectivity index (χ1n) is 9.67. The molecule has 1 unspecified atom stereocenters. The van der Waals surface area contributed by atoms with Gasteiger partial charge >= 0.3 is 5.97 Å². The number of aliphatic hydroxyl groups is 1. The number of carbonyl (C=O) groups is 1. The summed E-state index contributed by atoms with van der Waals surface area (Å²) in [6.07, 6.45) is 4.87. The Morgan fingerprint density at radius 2 is 1.80 bits per heavy atom. The Morgan fingerprint density at radius 1 is 1.12 bits per heavy atom. The fraction of sp³-hybridized carbons (Fsp3) is 0.850. The summed E-state index contributed by atoms with van der Waals surface area (Å²) in [6.45, 7) is 10.3. The van der Waals surface area contributed by atoms with Crippen molar-refractivity contribution in [1.82, 2.24) is 0 Å². The summed E-state index contributed by atoms with van der Waals surface area (Å²) >= 11 is 0. The van der Waals surface area contributed by atoms with E-state index in [2.05, 4.69) is 20.4 Å². The predicted molar refractivity (Wildman–Crippen MR) is 91.9 cm³/mol. The molecular formula is C20H30O5. The van der Waals surface area contributed by atoms with Crippen LogP contribution in [-0.4, -0.2) is 46.7 Å². The molecule has 1 aliphatic carbocycles. The van der Waals surface area contributed by atoms with E-state index in [9.17, 15) is 9.90 Å². The third kappa shape index (κ3) is 3.04. The predicted octanol–water partition coefficient (Wildman–Crippen LogP) is 2.75. The maximum Gasteiger partial charge on any atom is 0.334 e. The van der Waals surface area contributed by atoms with Gasteiger partial charge in [-0.1, -0.05) is 19.9 Å². The molecule has 4 aliphatic rings. The van der Waals surface area contributed by atoms with Gasteiger partial charge in [-0.2, -0.15) is 0 Å². The second-order valence-corrected chi connectivity index (χ2v) is 8.97. The van der Waals surface area contributed by atoms with Crippen LogP contribution in [0.3, 0.4) is 0 Å². The molecular weight excluding hydrogens is 320 g/mol. The van der Waals surface area contributed by atoms with Gasteiger partial charge in [-0.3, -0.25) is 0 Å². The van der Waals surface area contributed by atoms with E-state index in [4.69, 9.17) is 14.2 Å². The van der Waals surface area contributed by atoms with Gasteiger partial charge in [0.05, 0.1) is 29.5 Å². The van der Waals surface area contributed by atoms with Crippen molar-refractivity contribution < 1.29 is 24.1 Å². The van der Waals surface area contributed by atoms with E-state index in [1.165, 1.54) is 0 Å². The number of fused-ring (bicyclic) bond motifs is 3.